The van der Waals surface area contributed by atoms with Gasteiger partial charge in [-0.1, -0.05) is 0 Å². The number of ether oxygens (including phenoxy) is 1. The van der Waals surface area contributed by atoms with E-state index in [1.54, 1.807) is 0 Å². The molecule has 1 fully saturated rings. The Kier molecular flexibility index (Phi) is 1.87. The summed E-state index contributed by atoms with van der Waals surface area (Å²) in [6.07, 6.45) is 0.583. The van der Waals surface area contributed by atoms with Crippen molar-refractivity contribution in [2.75, 3.05) is 6.61 Å². The summed E-state index contributed by atoms with van der Waals surface area (Å²) in [5.41, 5.74) is 0. The van der Waals surface area contributed by atoms with Crippen LogP contribution in [0.2, 0.25) is 0 Å². The summed E-state index contributed by atoms with van der Waals surface area (Å²) in [7, 11) is 0. The van der Waals surface area contributed by atoms with Crippen molar-refractivity contribution >= 4 is 9.90 Å². The van der Waals surface area contributed by atoms with Crippen LogP contribution in [0, 0.1) is 0 Å². The molecule has 2 heteroatoms. The molecule has 2 atom stereocenters. The maximum Gasteiger partial charge on any atom is 0.0781 e. The van der Waals surface area contributed by atoms with Gasteiger partial charge in [0, 0.05) is 0 Å². The molecule has 0 aromatic heterocycles. The third kappa shape index (κ3) is 2.18. The maximum atomic E-state index is 4.71. The van der Waals surface area contributed by atoms with Gasteiger partial charge in [-0.25, -0.2) is 0 Å². The molecule has 0 aromatic carbocycles. The van der Waals surface area contributed by atoms with Crippen molar-refractivity contribution in [3.8, 4) is 0 Å². The van der Waals surface area contributed by atoms with E-state index in [2.05, 4.69) is 6.92 Å². The van der Waals surface area contributed by atoms with Crippen LogP contribution in [0.25, 0.3) is 0 Å². The summed E-state index contributed by atoms with van der Waals surface area (Å²) in [5, 5.41) is 0. The Morgan fingerprint density at radius 2 is 2.00 bits per heavy atom. The van der Waals surface area contributed by atoms with Crippen LogP contribution >= 0.6 is 9.90 Å². The number of hydrogen-bond acceptors (Lipinski definition) is 1. The quantitative estimate of drug-likeness (QED) is 0.312. The van der Waals surface area contributed by atoms with E-state index in [0.29, 0.717) is 6.10 Å². The lowest BCUT2D eigenvalue weighted by Crippen LogP contribution is -1.60. The van der Waals surface area contributed by atoms with E-state index in [4.69, 9.17) is 4.74 Å². The number of hydrogen-bond donors (Lipinski definition) is 0. The minimum atomic E-state index is 0. The lowest BCUT2D eigenvalue weighted by Gasteiger charge is -1.50. The fourth-order valence-electron chi connectivity index (χ4n) is 0.0962. The molecule has 1 rings (SSSR count). The van der Waals surface area contributed by atoms with Crippen LogP contribution in [0.1, 0.15) is 6.92 Å². The van der Waals surface area contributed by atoms with Gasteiger partial charge in [-0.15, -0.1) is 0 Å². The minimum absolute atomic E-state index is 0. The average Bonchev–Trinajstić information content (AvgIpc) is 1.75. The SMILES string of the molecule is CC1CO1.P. The van der Waals surface area contributed by atoms with Gasteiger partial charge < -0.3 is 4.74 Å². The first-order valence-corrected chi connectivity index (χ1v) is 1.51. The molecule has 0 saturated carbocycles. The van der Waals surface area contributed by atoms with E-state index in [9.17, 15) is 0 Å². The molecule has 1 nitrogen and oxygen atoms in total. The van der Waals surface area contributed by atoms with Gasteiger partial charge in [-0.3, -0.25) is 0 Å². The van der Waals surface area contributed by atoms with Gasteiger partial charge in [-0.05, 0) is 6.92 Å². The fourth-order valence-corrected chi connectivity index (χ4v) is 0.0962. The minimum Gasteiger partial charge on any atom is -0.373 e. The van der Waals surface area contributed by atoms with Crippen molar-refractivity contribution in [3.05, 3.63) is 0 Å². The van der Waals surface area contributed by atoms with Gasteiger partial charge in [-0.2, -0.15) is 9.90 Å². The van der Waals surface area contributed by atoms with Gasteiger partial charge in [0.1, 0.15) is 0 Å². The standard InChI is InChI=1S/C3H6O.H3P/c1-3-2-4-3;/h3H,2H2,1H3;1H3. The predicted octanol–water partition coefficient (Wildman–Crippen LogP) is 0.463. The Labute approximate surface area is 35.3 Å². The Hall–Kier alpha value is 0.390. The molecule has 0 bridgehead atoms. The summed E-state index contributed by atoms with van der Waals surface area (Å²) in [6, 6.07) is 0. The third-order valence-corrected chi connectivity index (χ3v) is 0.500. The molecule has 0 N–H and O–H groups in total. The highest BCUT2D eigenvalue weighted by Crippen LogP contribution is 2.04. The molecule has 1 aliphatic heterocycles. The van der Waals surface area contributed by atoms with Crippen molar-refractivity contribution in [2.24, 2.45) is 0 Å². The molecule has 0 aliphatic carbocycles. The van der Waals surface area contributed by atoms with Crippen LogP contribution in [0.5, 0.6) is 0 Å². The first-order valence-electron chi connectivity index (χ1n) is 1.51. The van der Waals surface area contributed by atoms with Gasteiger partial charge in [0.15, 0.2) is 0 Å². The Balaban J connectivity index is 0.000000160. The van der Waals surface area contributed by atoms with Crippen molar-refractivity contribution in [1.82, 2.24) is 0 Å². The monoisotopic (exact) mass is 92.0 g/mol. The van der Waals surface area contributed by atoms with Crippen LogP contribution in [0.3, 0.4) is 0 Å². The Bertz CT molecular complexity index is 26.1. The van der Waals surface area contributed by atoms with Crippen LogP contribution in [0.15, 0.2) is 0 Å². The summed E-state index contributed by atoms with van der Waals surface area (Å²) >= 11 is 0. The summed E-state index contributed by atoms with van der Waals surface area (Å²) in [4.78, 5) is 0. The second-order valence-electron chi connectivity index (χ2n) is 1.14. The van der Waals surface area contributed by atoms with Crippen LogP contribution in [0.4, 0.5) is 0 Å². The highest BCUT2D eigenvalue weighted by molar-refractivity contribution is 6.92. The van der Waals surface area contributed by atoms with Gasteiger partial charge in [0.25, 0.3) is 0 Å². The molecular formula is C3H9OP. The first-order chi connectivity index (χ1) is 1.89. The predicted molar refractivity (Wildman–Crippen MR) is 26.5 cm³/mol. The Morgan fingerprint density at radius 3 is 2.00 bits per heavy atom. The average molecular weight is 92.1 g/mol. The smallest absolute Gasteiger partial charge is 0.0781 e. The lowest BCUT2D eigenvalue weighted by molar-refractivity contribution is 0.423. The molecule has 1 heterocycles. The van der Waals surface area contributed by atoms with Crippen molar-refractivity contribution in [2.45, 2.75) is 13.0 Å². The van der Waals surface area contributed by atoms with E-state index < -0.39 is 0 Å². The molecule has 0 amide bonds. The molecule has 1 aliphatic rings. The summed E-state index contributed by atoms with van der Waals surface area (Å²) < 4.78 is 4.71. The zero-order valence-electron chi connectivity index (χ0n) is 3.40. The topological polar surface area (TPSA) is 12.5 Å². The number of rotatable bonds is 0. The highest BCUT2D eigenvalue weighted by atomic mass is 31.0. The largest absolute Gasteiger partial charge is 0.373 e. The second kappa shape index (κ2) is 1.74. The van der Waals surface area contributed by atoms with Crippen molar-refractivity contribution in [3.63, 3.8) is 0 Å². The molecule has 2 unspecified atom stereocenters. The zero-order chi connectivity index (χ0) is 2.99. The molecule has 0 aromatic rings. The van der Waals surface area contributed by atoms with Crippen LogP contribution < -0.4 is 0 Å². The lowest BCUT2D eigenvalue weighted by atomic mass is 10.6. The first kappa shape index (κ1) is 5.39. The van der Waals surface area contributed by atoms with Crippen LogP contribution in [-0.2, 0) is 4.74 Å². The van der Waals surface area contributed by atoms with Crippen LogP contribution in [-0.4, -0.2) is 12.7 Å². The van der Waals surface area contributed by atoms with Crippen molar-refractivity contribution < 1.29 is 4.74 Å². The summed E-state index contributed by atoms with van der Waals surface area (Å²) in [5.74, 6) is 0. The fraction of sp³-hybridized carbons (Fsp3) is 1.00. The molecule has 5 heavy (non-hydrogen) atoms. The highest BCUT2D eigenvalue weighted by Gasteiger charge is 2.13. The number of epoxide rings is 1. The second-order valence-corrected chi connectivity index (χ2v) is 1.14. The Morgan fingerprint density at radius 1 is 1.80 bits per heavy atom. The third-order valence-electron chi connectivity index (χ3n) is 0.500. The molecule has 0 radical (unpaired) electrons. The normalized spacial score (nSPS) is 31.8. The van der Waals surface area contributed by atoms with E-state index in [0.717, 1.165) is 6.61 Å². The van der Waals surface area contributed by atoms with Gasteiger partial charge in [0.05, 0.1) is 12.7 Å². The van der Waals surface area contributed by atoms with E-state index in [1.165, 1.54) is 0 Å². The van der Waals surface area contributed by atoms with E-state index >= 15 is 0 Å². The van der Waals surface area contributed by atoms with Crippen molar-refractivity contribution in [1.29, 1.82) is 0 Å². The molecule has 0 spiro atoms. The molecule has 1 saturated heterocycles. The van der Waals surface area contributed by atoms with E-state index in [1.807, 2.05) is 0 Å². The van der Waals surface area contributed by atoms with Gasteiger partial charge >= 0.3 is 0 Å². The zero-order valence-corrected chi connectivity index (χ0v) is 4.81. The molecule has 32 valence electrons. The molecular weight excluding hydrogens is 83.0 g/mol. The van der Waals surface area contributed by atoms with E-state index in [-0.39, 0.29) is 9.90 Å². The van der Waals surface area contributed by atoms with Gasteiger partial charge in [0.2, 0.25) is 0 Å². The maximum absolute atomic E-state index is 4.71. The summed E-state index contributed by atoms with van der Waals surface area (Å²) in [6.45, 7) is 3.04.